The molecule has 2 aliphatic carbocycles. The second kappa shape index (κ2) is 7.26. The molecule has 0 amide bonds. The van der Waals surface area contributed by atoms with Crippen molar-refractivity contribution in [2.45, 2.75) is 83.2 Å². The van der Waals surface area contributed by atoms with Crippen LogP contribution in [0.2, 0.25) is 0 Å². The van der Waals surface area contributed by atoms with Crippen LogP contribution in [0.5, 0.6) is 0 Å². The number of nitrogens with zero attached hydrogens (tertiary/aromatic N) is 1. The highest BCUT2D eigenvalue weighted by Gasteiger charge is 2.35. The summed E-state index contributed by atoms with van der Waals surface area (Å²) in [5, 5.41) is 3.86. The Hall–Kier alpha value is -0.0800. The van der Waals surface area contributed by atoms with E-state index in [0.29, 0.717) is 0 Å². The first kappa shape index (κ1) is 14.8. The van der Waals surface area contributed by atoms with Crippen LogP contribution in [-0.4, -0.2) is 36.6 Å². The molecular weight excluding hydrogens is 244 g/mol. The van der Waals surface area contributed by atoms with Gasteiger partial charge in [-0.1, -0.05) is 39.0 Å². The second-order valence-electron chi connectivity index (χ2n) is 7.61. The lowest BCUT2D eigenvalue weighted by Gasteiger charge is -2.47. The summed E-state index contributed by atoms with van der Waals surface area (Å²) in [7, 11) is 0. The Morgan fingerprint density at radius 3 is 2.45 bits per heavy atom. The molecule has 1 saturated heterocycles. The molecule has 3 rings (SSSR count). The monoisotopic (exact) mass is 278 g/mol. The van der Waals surface area contributed by atoms with E-state index in [1.54, 1.807) is 0 Å². The van der Waals surface area contributed by atoms with E-state index in [1.807, 2.05) is 0 Å². The molecule has 116 valence electrons. The Balaban J connectivity index is 1.59. The molecular formula is C18H34N2. The molecule has 20 heavy (non-hydrogen) atoms. The van der Waals surface area contributed by atoms with Crippen LogP contribution in [-0.2, 0) is 0 Å². The minimum absolute atomic E-state index is 0.764. The SMILES string of the molecule is CCCC1CN(CC2CCC2)C(C2CCCCC2)CN1. The molecule has 0 aromatic rings. The van der Waals surface area contributed by atoms with E-state index < -0.39 is 0 Å². The molecule has 2 atom stereocenters. The summed E-state index contributed by atoms with van der Waals surface area (Å²) in [6.07, 6.45) is 14.6. The minimum Gasteiger partial charge on any atom is -0.311 e. The summed E-state index contributed by atoms with van der Waals surface area (Å²) in [4.78, 5) is 2.91. The third-order valence-corrected chi connectivity index (χ3v) is 6.09. The third-order valence-electron chi connectivity index (χ3n) is 6.09. The van der Waals surface area contributed by atoms with E-state index >= 15 is 0 Å². The van der Waals surface area contributed by atoms with Crippen LogP contribution in [0.1, 0.15) is 71.1 Å². The highest BCUT2D eigenvalue weighted by Crippen LogP contribution is 2.33. The first-order chi connectivity index (χ1) is 9.86. The summed E-state index contributed by atoms with van der Waals surface area (Å²) in [5.41, 5.74) is 0. The van der Waals surface area contributed by atoms with Crippen molar-refractivity contribution in [3.05, 3.63) is 0 Å². The lowest BCUT2D eigenvalue weighted by molar-refractivity contribution is 0.0439. The van der Waals surface area contributed by atoms with Gasteiger partial charge >= 0.3 is 0 Å². The fourth-order valence-electron chi connectivity index (χ4n) is 4.64. The maximum atomic E-state index is 3.86. The van der Waals surface area contributed by atoms with E-state index in [2.05, 4.69) is 17.1 Å². The van der Waals surface area contributed by atoms with Gasteiger partial charge in [0.2, 0.25) is 0 Å². The number of rotatable bonds is 5. The van der Waals surface area contributed by atoms with Crippen LogP contribution in [0.4, 0.5) is 0 Å². The first-order valence-corrected chi connectivity index (χ1v) is 9.34. The predicted molar refractivity (Wildman–Crippen MR) is 86.0 cm³/mol. The van der Waals surface area contributed by atoms with E-state index in [0.717, 1.165) is 23.9 Å². The van der Waals surface area contributed by atoms with E-state index in [9.17, 15) is 0 Å². The van der Waals surface area contributed by atoms with Gasteiger partial charge < -0.3 is 5.32 Å². The summed E-state index contributed by atoms with van der Waals surface area (Å²) < 4.78 is 0. The van der Waals surface area contributed by atoms with Crippen molar-refractivity contribution < 1.29 is 0 Å². The zero-order chi connectivity index (χ0) is 13.8. The zero-order valence-corrected chi connectivity index (χ0v) is 13.4. The fraction of sp³-hybridized carbons (Fsp3) is 1.00. The van der Waals surface area contributed by atoms with E-state index in [-0.39, 0.29) is 0 Å². The average molecular weight is 278 g/mol. The maximum Gasteiger partial charge on any atom is 0.0249 e. The van der Waals surface area contributed by atoms with Crippen LogP contribution < -0.4 is 5.32 Å². The molecule has 0 bridgehead atoms. The van der Waals surface area contributed by atoms with Crippen molar-refractivity contribution in [2.24, 2.45) is 11.8 Å². The van der Waals surface area contributed by atoms with Crippen molar-refractivity contribution in [3.8, 4) is 0 Å². The quantitative estimate of drug-likeness (QED) is 0.822. The summed E-state index contributed by atoms with van der Waals surface area (Å²) >= 11 is 0. The van der Waals surface area contributed by atoms with Crippen molar-refractivity contribution in [1.82, 2.24) is 10.2 Å². The van der Waals surface area contributed by atoms with Gasteiger partial charge in [0.1, 0.15) is 0 Å². The molecule has 0 spiro atoms. The van der Waals surface area contributed by atoms with Crippen molar-refractivity contribution in [3.63, 3.8) is 0 Å². The van der Waals surface area contributed by atoms with E-state index in [1.165, 1.54) is 83.8 Å². The molecule has 2 nitrogen and oxygen atoms in total. The van der Waals surface area contributed by atoms with Crippen LogP contribution in [0.25, 0.3) is 0 Å². The van der Waals surface area contributed by atoms with Gasteiger partial charge in [-0.2, -0.15) is 0 Å². The number of piperazine rings is 1. The maximum absolute atomic E-state index is 3.86. The molecule has 0 aromatic heterocycles. The van der Waals surface area contributed by atoms with Crippen LogP contribution in [0, 0.1) is 11.8 Å². The van der Waals surface area contributed by atoms with Gasteiger partial charge in [0, 0.05) is 31.7 Å². The van der Waals surface area contributed by atoms with Crippen LogP contribution in [0.3, 0.4) is 0 Å². The van der Waals surface area contributed by atoms with Crippen LogP contribution in [0.15, 0.2) is 0 Å². The Kier molecular flexibility index (Phi) is 5.39. The predicted octanol–water partition coefficient (Wildman–Crippen LogP) is 3.81. The largest absolute Gasteiger partial charge is 0.311 e. The molecule has 2 heteroatoms. The van der Waals surface area contributed by atoms with Gasteiger partial charge in [-0.3, -0.25) is 4.90 Å². The van der Waals surface area contributed by atoms with Gasteiger partial charge in [-0.25, -0.2) is 0 Å². The van der Waals surface area contributed by atoms with Crippen molar-refractivity contribution in [2.75, 3.05) is 19.6 Å². The molecule has 1 aliphatic heterocycles. The number of hydrogen-bond acceptors (Lipinski definition) is 2. The van der Waals surface area contributed by atoms with Crippen LogP contribution >= 0.6 is 0 Å². The summed E-state index contributed by atoms with van der Waals surface area (Å²) in [6, 6.07) is 1.61. The standard InChI is InChI=1S/C18H34N2/c1-2-7-17-14-20(13-15-8-6-9-15)18(12-19-17)16-10-4-3-5-11-16/h15-19H,2-14H2,1H3. The van der Waals surface area contributed by atoms with Crippen molar-refractivity contribution >= 4 is 0 Å². The lowest BCUT2D eigenvalue weighted by Crippen LogP contribution is -2.60. The molecule has 3 aliphatic rings. The van der Waals surface area contributed by atoms with Gasteiger partial charge in [-0.15, -0.1) is 0 Å². The van der Waals surface area contributed by atoms with Gasteiger partial charge in [-0.05, 0) is 43.9 Å². The average Bonchev–Trinajstić information content (AvgIpc) is 2.44. The summed E-state index contributed by atoms with van der Waals surface area (Å²) in [6.45, 7) is 6.32. The molecule has 1 heterocycles. The third kappa shape index (κ3) is 3.57. The highest BCUT2D eigenvalue weighted by atomic mass is 15.2. The molecule has 0 aromatic carbocycles. The Labute approximate surface area is 125 Å². The molecule has 0 radical (unpaired) electrons. The normalized spacial score (nSPS) is 34.0. The second-order valence-corrected chi connectivity index (χ2v) is 7.61. The lowest BCUT2D eigenvalue weighted by atomic mass is 9.80. The summed E-state index contributed by atoms with van der Waals surface area (Å²) in [5.74, 6) is 2.01. The topological polar surface area (TPSA) is 15.3 Å². The van der Waals surface area contributed by atoms with E-state index in [4.69, 9.17) is 0 Å². The van der Waals surface area contributed by atoms with Gasteiger partial charge in [0.25, 0.3) is 0 Å². The molecule has 3 fully saturated rings. The Morgan fingerprint density at radius 2 is 1.80 bits per heavy atom. The highest BCUT2D eigenvalue weighted by molar-refractivity contribution is 4.92. The minimum atomic E-state index is 0.764. The smallest absolute Gasteiger partial charge is 0.0249 e. The Bertz CT molecular complexity index is 281. The molecule has 2 saturated carbocycles. The van der Waals surface area contributed by atoms with Gasteiger partial charge in [0.15, 0.2) is 0 Å². The fourth-order valence-corrected chi connectivity index (χ4v) is 4.64. The first-order valence-electron chi connectivity index (χ1n) is 9.34. The van der Waals surface area contributed by atoms with Gasteiger partial charge in [0.05, 0.1) is 0 Å². The van der Waals surface area contributed by atoms with Crippen molar-refractivity contribution in [1.29, 1.82) is 0 Å². The zero-order valence-electron chi connectivity index (χ0n) is 13.4. The molecule has 1 N–H and O–H groups in total. The number of hydrogen-bond donors (Lipinski definition) is 1. The molecule has 2 unspecified atom stereocenters. The Morgan fingerprint density at radius 1 is 1.00 bits per heavy atom. The number of nitrogens with one attached hydrogen (secondary N) is 1.